The molecule has 44 heavy (non-hydrogen) atoms. The Bertz CT molecular complexity index is 1950. The zero-order valence-corrected chi connectivity index (χ0v) is 25.8. The first-order valence-electron chi connectivity index (χ1n) is 15.7. The molecule has 1 amide bonds. The number of imidazole rings is 1. The topological polar surface area (TPSA) is 103 Å². The summed E-state index contributed by atoms with van der Waals surface area (Å²) in [5, 5.41) is 4.79. The summed E-state index contributed by atoms with van der Waals surface area (Å²) in [5.74, 6) is 2.60. The van der Waals surface area contributed by atoms with Crippen molar-refractivity contribution in [3.63, 3.8) is 0 Å². The monoisotopic (exact) mass is 589 g/mol. The zero-order valence-electron chi connectivity index (χ0n) is 25.8. The summed E-state index contributed by atoms with van der Waals surface area (Å²) < 4.78 is 10.4. The molecule has 3 fully saturated rings. The lowest BCUT2D eigenvalue weighted by Gasteiger charge is -2.27. The third kappa shape index (κ3) is 4.36. The number of amides is 1. The molecule has 4 heterocycles. The fourth-order valence-electron chi connectivity index (χ4n) is 7.46. The number of fused-ring (bicyclic) bond motifs is 4. The van der Waals surface area contributed by atoms with Crippen LogP contribution in [0.3, 0.4) is 0 Å². The van der Waals surface area contributed by atoms with Crippen LogP contribution in [0.5, 0.6) is 5.75 Å². The molecule has 5 aromatic rings. The molecule has 3 aromatic heterocycles. The van der Waals surface area contributed by atoms with Crippen LogP contribution in [0.4, 0.5) is 11.4 Å². The van der Waals surface area contributed by atoms with E-state index >= 15 is 0 Å². The Morgan fingerprint density at radius 3 is 2.66 bits per heavy atom. The van der Waals surface area contributed by atoms with Gasteiger partial charge in [-0.15, -0.1) is 0 Å². The van der Waals surface area contributed by atoms with E-state index in [0.717, 1.165) is 71.1 Å². The number of pyridine rings is 1. The summed E-state index contributed by atoms with van der Waals surface area (Å²) in [7, 11) is 3.70. The average molecular weight is 590 g/mol. The van der Waals surface area contributed by atoms with Gasteiger partial charge in [-0.2, -0.15) is 0 Å². The maximum absolute atomic E-state index is 13.7. The van der Waals surface area contributed by atoms with Gasteiger partial charge >= 0.3 is 0 Å². The van der Waals surface area contributed by atoms with Crippen LogP contribution in [-0.4, -0.2) is 55.6 Å². The molecule has 2 aliphatic carbocycles. The number of rotatable bonds is 7. The molecule has 1 saturated heterocycles. The van der Waals surface area contributed by atoms with Crippen LogP contribution in [-0.2, 0) is 13.6 Å². The van der Waals surface area contributed by atoms with Gasteiger partial charge in [0.05, 0.1) is 23.8 Å². The van der Waals surface area contributed by atoms with Crippen LogP contribution in [0.2, 0.25) is 0 Å². The Hall–Kier alpha value is -4.37. The second kappa shape index (κ2) is 10.1. The number of piperidine rings is 1. The largest absolute Gasteiger partial charge is 0.494 e. The van der Waals surface area contributed by atoms with Crippen LogP contribution >= 0.6 is 0 Å². The molecule has 3 unspecified atom stereocenters. The van der Waals surface area contributed by atoms with E-state index in [1.165, 1.54) is 23.7 Å². The van der Waals surface area contributed by atoms with Crippen LogP contribution in [0.25, 0.3) is 33.5 Å². The first-order chi connectivity index (χ1) is 21.3. The average Bonchev–Trinajstić information content (AvgIpc) is 3.43. The fourth-order valence-corrected chi connectivity index (χ4v) is 7.46. The molecule has 2 bridgehead atoms. The van der Waals surface area contributed by atoms with Gasteiger partial charge in [-0.05, 0) is 93.3 Å². The number of hydrogen-bond acceptors (Lipinski definition) is 6. The van der Waals surface area contributed by atoms with Gasteiger partial charge in [0.1, 0.15) is 11.3 Å². The van der Waals surface area contributed by atoms with Gasteiger partial charge in [-0.1, -0.05) is 6.07 Å². The first kappa shape index (κ1) is 27.2. The molecule has 1 aliphatic heterocycles. The van der Waals surface area contributed by atoms with Crippen LogP contribution in [0, 0.1) is 25.7 Å². The van der Waals surface area contributed by atoms with E-state index in [-0.39, 0.29) is 18.0 Å². The summed E-state index contributed by atoms with van der Waals surface area (Å²) in [6, 6.07) is 14.9. The van der Waals surface area contributed by atoms with E-state index in [4.69, 9.17) is 15.5 Å². The number of hydrogen-bond donors (Lipinski definition) is 2. The standard InChI is InChI=1S/C35H39N7O2/c1-19-16-37-20(2)11-26(19)38-25-9-7-22-13-30(41(29(22)15-25)17-21-5-6-21)34-39-27-12-24(14-31(44-4)33(27)40(34)3)35(43)42-18-23-8-10-28(42)32(23)36/h7,9,11-16,21,23,28,32H,5-6,8,10,17-18,36H2,1-4H3,(H,37,38). The Labute approximate surface area is 257 Å². The molecular formula is C35H39N7O2. The smallest absolute Gasteiger partial charge is 0.254 e. The molecule has 8 rings (SSSR count). The number of anilines is 2. The van der Waals surface area contributed by atoms with Crippen LogP contribution in [0.15, 0.2) is 48.7 Å². The molecule has 3 aliphatic rings. The van der Waals surface area contributed by atoms with Crippen LogP contribution < -0.4 is 15.8 Å². The van der Waals surface area contributed by atoms with Crippen LogP contribution in [0.1, 0.15) is 47.3 Å². The van der Waals surface area contributed by atoms with E-state index in [1.54, 1.807) is 7.11 Å². The molecule has 9 heteroatoms. The van der Waals surface area contributed by atoms with Gasteiger partial charge in [-0.3, -0.25) is 9.78 Å². The number of methoxy groups -OCH3 is 1. The highest BCUT2D eigenvalue weighted by atomic mass is 16.5. The highest BCUT2D eigenvalue weighted by Gasteiger charge is 2.47. The van der Waals surface area contributed by atoms with Crippen molar-refractivity contribution in [1.29, 1.82) is 0 Å². The van der Waals surface area contributed by atoms with Crippen molar-refractivity contribution >= 4 is 39.2 Å². The third-order valence-corrected chi connectivity index (χ3v) is 10.1. The number of nitrogens with one attached hydrogen (secondary N) is 1. The van der Waals surface area contributed by atoms with E-state index in [2.05, 4.69) is 56.7 Å². The lowest BCUT2D eigenvalue weighted by Crippen LogP contribution is -2.41. The van der Waals surface area contributed by atoms with Gasteiger partial charge in [0.25, 0.3) is 5.91 Å². The SMILES string of the molecule is COc1cc(C(=O)N2CC3CCC2C3N)cc2nc(-c3cc4ccc(Nc5cc(C)ncc5C)cc4n3CC3CC3)n(C)c12. The zero-order chi connectivity index (χ0) is 30.3. The normalized spacial score (nSPS) is 21.1. The van der Waals surface area contributed by atoms with E-state index < -0.39 is 0 Å². The number of likely N-dealkylation sites (tertiary alicyclic amines) is 1. The fraction of sp³-hybridized carbons (Fsp3) is 0.400. The quantitative estimate of drug-likeness (QED) is 0.244. The number of nitrogens with zero attached hydrogens (tertiary/aromatic N) is 5. The van der Waals surface area contributed by atoms with Crippen molar-refractivity contribution < 1.29 is 9.53 Å². The molecule has 0 radical (unpaired) electrons. The summed E-state index contributed by atoms with van der Waals surface area (Å²) in [5.41, 5.74) is 15.1. The molecule has 2 aromatic carbocycles. The van der Waals surface area contributed by atoms with E-state index in [9.17, 15) is 4.79 Å². The summed E-state index contributed by atoms with van der Waals surface area (Å²) in [6.45, 7) is 5.76. The van der Waals surface area contributed by atoms with Gasteiger partial charge in [0.2, 0.25) is 0 Å². The van der Waals surface area contributed by atoms with Crippen molar-refractivity contribution in [1.82, 2.24) is 24.0 Å². The summed E-state index contributed by atoms with van der Waals surface area (Å²) in [4.78, 5) is 25.3. The number of aryl methyl sites for hydroxylation is 3. The molecule has 0 spiro atoms. The lowest BCUT2D eigenvalue weighted by atomic mass is 10.1. The van der Waals surface area contributed by atoms with Gasteiger partial charge in [0, 0.05) is 66.4 Å². The Morgan fingerprint density at radius 1 is 1.09 bits per heavy atom. The summed E-state index contributed by atoms with van der Waals surface area (Å²) in [6.07, 6.45) is 6.49. The highest BCUT2D eigenvalue weighted by molar-refractivity contribution is 6.00. The number of nitrogens with two attached hydrogens (primary N) is 1. The minimum atomic E-state index is 0.0163. The first-order valence-corrected chi connectivity index (χ1v) is 15.7. The second-order valence-electron chi connectivity index (χ2n) is 13.1. The van der Waals surface area contributed by atoms with Crippen molar-refractivity contribution in [2.75, 3.05) is 19.0 Å². The van der Waals surface area contributed by atoms with E-state index in [1.807, 2.05) is 37.2 Å². The number of ether oxygens (including phenoxy) is 1. The number of aromatic nitrogens is 4. The molecule has 3 atom stereocenters. The van der Waals surface area contributed by atoms with Gasteiger partial charge < -0.3 is 29.8 Å². The van der Waals surface area contributed by atoms with E-state index in [0.29, 0.717) is 23.1 Å². The lowest BCUT2D eigenvalue weighted by molar-refractivity contribution is 0.0700. The maximum Gasteiger partial charge on any atom is 0.254 e. The second-order valence-corrected chi connectivity index (χ2v) is 13.1. The molecule has 9 nitrogen and oxygen atoms in total. The molecular weight excluding hydrogens is 550 g/mol. The Balaban J connectivity index is 1.21. The number of benzene rings is 2. The van der Waals surface area contributed by atoms with Crippen molar-refractivity contribution in [2.45, 2.75) is 58.2 Å². The molecule has 2 saturated carbocycles. The Morgan fingerprint density at radius 2 is 1.93 bits per heavy atom. The summed E-state index contributed by atoms with van der Waals surface area (Å²) >= 11 is 0. The molecule has 226 valence electrons. The van der Waals surface area contributed by atoms with Gasteiger partial charge in [0.15, 0.2) is 5.82 Å². The van der Waals surface area contributed by atoms with Crippen molar-refractivity contribution in [2.24, 2.45) is 24.6 Å². The van der Waals surface area contributed by atoms with Crippen molar-refractivity contribution in [3.05, 3.63) is 65.5 Å². The number of carbonyl (C=O) groups excluding carboxylic acids is 1. The predicted molar refractivity (Wildman–Crippen MR) is 173 cm³/mol. The minimum Gasteiger partial charge on any atom is -0.494 e. The van der Waals surface area contributed by atoms with Crippen molar-refractivity contribution in [3.8, 4) is 17.3 Å². The Kier molecular flexibility index (Phi) is 6.24. The third-order valence-electron chi connectivity index (χ3n) is 10.1. The maximum atomic E-state index is 13.7. The predicted octanol–water partition coefficient (Wildman–Crippen LogP) is 5.93. The number of carbonyl (C=O) groups is 1. The minimum absolute atomic E-state index is 0.0163. The van der Waals surface area contributed by atoms with Gasteiger partial charge in [-0.25, -0.2) is 4.98 Å². The molecule has 3 N–H and O–H groups in total. The highest BCUT2D eigenvalue weighted by Crippen LogP contribution is 2.40.